The van der Waals surface area contributed by atoms with E-state index in [1.165, 1.54) is 6.07 Å². The lowest BCUT2D eigenvalue weighted by molar-refractivity contribution is -0.141. The zero-order valence-electron chi connectivity index (χ0n) is 14.9. The number of hydrogen-bond donors (Lipinski definition) is 1. The molecule has 2 amide bonds. The van der Waals surface area contributed by atoms with Crippen LogP contribution in [0.5, 0.6) is 5.75 Å². The van der Waals surface area contributed by atoms with Crippen LogP contribution in [-0.4, -0.2) is 57.7 Å². The third-order valence-electron chi connectivity index (χ3n) is 5.95. The molecule has 0 unspecified atom stereocenters. The molecule has 3 aliphatic heterocycles. The van der Waals surface area contributed by atoms with Gasteiger partial charge in [-0.15, -0.1) is 0 Å². The summed E-state index contributed by atoms with van der Waals surface area (Å²) in [7, 11) is 0. The molecule has 1 N–H and O–H groups in total. The monoisotopic (exact) mass is 378 g/mol. The summed E-state index contributed by atoms with van der Waals surface area (Å²) in [6.07, 6.45) is 1.17. The summed E-state index contributed by atoms with van der Waals surface area (Å²) in [4.78, 5) is 29.2. The van der Waals surface area contributed by atoms with Crippen LogP contribution < -0.4 is 0 Å². The van der Waals surface area contributed by atoms with Crippen LogP contribution in [0.4, 0.5) is 0 Å². The number of ether oxygens (including phenoxy) is 1. The van der Waals surface area contributed by atoms with Gasteiger partial charge < -0.3 is 19.6 Å². The molecule has 0 radical (unpaired) electrons. The van der Waals surface area contributed by atoms with Gasteiger partial charge in [0.25, 0.3) is 0 Å². The van der Waals surface area contributed by atoms with Crippen molar-refractivity contribution in [2.75, 3.05) is 13.2 Å². The Bertz CT molecular complexity index is 768. The van der Waals surface area contributed by atoms with E-state index >= 15 is 0 Å². The first-order valence-electron chi connectivity index (χ1n) is 9.06. The molecular formula is C19H23ClN2O4. The maximum absolute atomic E-state index is 12.9. The number of carbonyl (C=O) groups is 2. The Morgan fingerprint density at radius 3 is 2.92 bits per heavy atom. The quantitative estimate of drug-likeness (QED) is 0.875. The molecule has 3 atom stereocenters. The van der Waals surface area contributed by atoms with Crippen LogP contribution in [-0.2, 0) is 20.7 Å². The molecule has 1 aromatic carbocycles. The molecule has 26 heavy (non-hydrogen) atoms. The first-order chi connectivity index (χ1) is 12.3. The minimum atomic E-state index is -0.645. The number of aromatic hydroxyl groups is 1. The van der Waals surface area contributed by atoms with Gasteiger partial charge in [-0.2, -0.15) is 0 Å². The van der Waals surface area contributed by atoms with E-state index in [4.69, 9.17) is 16.3 Å². The van der Waals surface area contributed by atoms with Crippen LogP contribution in [0.15, 0.2) is 18.2 Å². The number of carbonyl (C=O) groups excluding carboxylic acids is 2. The molecule has 0 saturated carbocycles. The number of likely N-dealkylation sites (tertiary alicyclic amines) is 1. The third-order valence-corrected chi connectivity index (χ3v) is 6.25. The Morgan fingerprint density at radius 2 is 2.23 bits per heavy atom. The standard InChI is InChI=1S/C19H23ClN2O4/c1-11(2)14-10-26-19-5-6-21(16(19)9-18(25)22(14)19)17(24)8-12-3-4-15(23)13(20)7-12/h3-4,7,11,14,16,23H,5-6,8-10H2,1-2H3/t14-,16+,19-/m0/s1. The van der Waals surface area contributed by atoms with Crippen molar-refractivity contribution in [1.82, 2.24) is 9.80 Å². The van der Waals surface area contributed by atoms with Gasteiger partial charge in [-0.3, -0.25) is 9.59 Å². The highest BCUT2D eigenvalue weighted by atomic mass is 35.5. The van der Waals surface area contributed by atoms with Crippen molar-refractivity contribution >= 4 is 23.4 Å². The normalized spacial score (nSPS) is 30.2. The van der Waals surface area contributed by atoms with Crippen molar-refractivity contribution in [3.05, 3.63) is 28.8 Å². The van der Waals surface area contributed by atoms with Gasteiger partial charge in [-0.1, -0.05) is 31.5 Å². The number of rotatable bonds is 3. The number of amides is 2. The Kier molecular flexibility index (Phi) is 4.15. The lowest BCUT2D eigenvalue weighted by Crippen LogP contribution is -2.51. The third kappa shape index (κ3) is 2.50. The van der Waals surface area contributed by atoms with E-state index in [-0.39, 0.29) is 41.1 Å². The molecule has 3 saturated heterocycles. The van der Waals surface area contributed by atoms with E-state index < -0.39 is 5.72 Å². The van der Waals surface area contributed by atoms with Gasteiger partial charge in [-0.05, 0) is 23.6 Å². The molecule has 0 bridgehead atoms. The van der Waals surface area contributed by atoms with Gasteiger partial charge in [0.15, 0.2) is 5.72 Å². The molecule has 0 aromatic heterocycles. The van der Waals surface area contributed by atoms with Crippen molar-refractivity contribution in [2.45, 2.75) is 50.9 Å². The Morgan fingerprint density at radius 1 is 1.46 bits per heavy atom. The fourth-order valence-electron chi connectivity index (χ4n) is 4.61. The first-order valence-corrected chi connectivity index (χ1v) is 9.44. The fourth-order valence-corrected chi connectivity index (χ4v) is 4.81. The van der Waals surface area contributed by atoms with Gasteiger partial charge in [0.2, 0.25) is 11.8 Å². The predicted molar refractivity (Wildman–Crippen MR) is 95.7 cm³/mol. The van der Waals surface area contributed by atoms with E-state index in [9.17, 15) is 14.7 Å². The van der Waals surface area contributed by atoms with Gasteiger partial charge in [0.05, 0.1) is 36.6 Å². The minimum absolute atomic E-state index is 0.000828. The molecule has 3 aliphatic rings. The van der Waals surface area contributed by atoms with Crippen molar-refractivity contribution in [2.24, 2.45) is 5.92 Å². The van der Waals surface area contributed by atoms with Crippen LogP contribution in [0, 0.1) is 5.92 Å². The summed E-state index contributed by atoms with van der Waals surface area (Å²) in [5.41, 5.74) is 0.0983. The summed E-state index contributed by atoms with van der Waals surface area (Å²) in [6.45, 7) is 5.32. The van der Waals surface area contributed by atoms with E-state index in [2.05, 4.69) is 13.8 Å². The van der Waals surface area contributed by atoms with Crippen molar-refractivity contribution < 1.29 is 19.4 Å². The molecular weight excluding hydrogens is 356 g/mol. The van der Waals surface area contributed by atoms with Crippen LogP contribution in [0.2, 0.25) is 5.02 Å². The second-order valence-corrected chi connectivity index (χ2v) is 8.16. The zero-order chi connectivity index (χ0) is 18.6. The molecule has 7 heteroatoms. The van der Waals surface area contributed by atoms with E-state index in [0.717, 1.165) is 5.56 Å². The summed E-state index contributed by atoms with van der Waals surface area (Å²) in [5, 5.41) is 9.76. The lowest BCUT2D eigenvalue weighted by atomic mass is 10.0. The second-order valence-electron chi connectivity index (χ2n) is 7.75. The van der Waals surface area contributed by atoms with Crippen LogP contribution in [0.25, 0.3) is 0 Å². The Balaban J connectivity index is 1.54. The SMILES string of the molecule is CC(C)[C@@H]1CO[C@@]23CCN(C(=O)Cc4ccc(O)c(Cl)c4)[C@@H]2CC(=O)N13. The topological polar surface area (TPSA) is 70.1 Å². The highest BCUT2D eigenvalue weighted by Gasteiger charge is 2.65. The van der Waals surface area contributed by atoms with Gasteiger partial charge in [0, 0.05) is 13.0 Å². The average molecular weight is 379 g/mol. The number of benzene rings is 1. The molecule has 1 aromatic rings. The second kappa shape index (κ2) is 6.13. The van der Waals surface area contributed by atoms with Crippen LogP contribution >= 0.6 is 11.6 Å². The fraction of sp³-hybridized carbons (Fsp3) is 0.579. The van der Waals surface area contributed by atoms with Gasteiger partial charge in [-0.25, -0.2) is 0 Å². The summed E-state index contributed by atoms with van der Waals surface area (Å²) < 4.78 is 6.16. The van der Waals surface area contributed by atoms with E-state index in [1.54, 1.807) is 17.0 Å². The molecule has 1 spiro atoms. The average Bonchev–Trinajstić information content (AvgIpc) is 3.20. The largest absolute Gasteiger partial charge is 0.506 e. The number of hydrogen-bond acceptors (Lipinski definition) is 4. The maximum atomic E-state index is 12.9. The summed E-state index contributed by atoms with van der Waals surface area (Å²) in [6, 6.07) is 4.65. The molecule has 3 fully saturated rings. The van der Waals surface area contributed by atoms with E-state index in [1.807, 2.05) is 4.90 Å². The van der Waals surface area contributed by atoms with Crippen LogP contribution in [0.3, 0.4) is 0 Å². The predicted octanol–water partition coefficient (Wildman–Crippen LogP) is 2.17. The highest BCUT2D eigenvalue weighted by molar-refractivity contribution is 6.32. The van der Waals surface area contributed by atoms with E-state index in [0.29, 0.717) is 31.9 Å². The molecule has 6 nitrogen and oxygen atoms in total. The smallest absolute Gasteiger partial charge is 0.227 e. The maximum Gasteiger partial charge on any atom is 0.227 e. The van der Waals surface area contributed by atoms with Gasteiger partial charge in [0.1, 0.15) is 5.75 Å². The summed E-state index contributed by atoms with van der Waals surface area (Å²) in [5.74, 6) is 0.358. The molecule has 3 heterocycles. The molecule has 140 valence electrons. The highest BCUT2D eigenvalue weighted by Crippen LogP contribution is 2.48. The number of phenolic OH excluding ortho intramolecular Hbond substituents is 1. The summed E-state index contributed by atoms with van der Waals surface area (Å²) >= 11 is 5.94. The van der Waals surface area contributed by atoms with Gasteiger partial charge >= 0.3 is 0 Å². The van der Waals surface area contributed by atoms with Crippen molar-refractivity contribution in [3.63, 3.8) is 0 Å². The number of halogens is 1. The Labute approximate surface area is 157 Å². The van der Waals surface area contributed by atoms with Crippen molar-refractivity contribution in [3.8, 4) is 5.75 Å². The number of phenols is 1. The van der Waals surface area contributed by atoms with Crippen LogP contribution in [0.1, 0.15) is 32.3 Å². The lowest BCUT2D eigenvalue weighted by Gasteiger charge is -2.34. The molecule has 0 aliphatic carbocycles. The Hall–Kier alpha value is -1.79. The molecule has 4 rings (SSSR count). The zero-order valence-corrected chi connectivity index (χ0v) is 15.7. The minimum Gasteiger partial charge on any atom is -0.506 e. The number of nitrogens with zero attached hydrogens (tertiary/aromatic N) is 2. The van der Waals surface area contributed by atoms with Crippen molar-refractivity contribution in [1.29, 1.82) is 0 Å². The first kappa shape index (κ1) is 17.6.